The predicted molar refractivity (Wildman–Crippen MR) is 141 cm³/mol. The van der Waals surface area contributed by atoms with E-state index in [0.717, 1.165) is 25.3 Å². The fraction of sp³-hybridized carbons (Fsp3) is 0.393. The molecule has 1 saturated heterocycles. The van der Waals surface area contributed by atoms with Gasteiger partial charge in [0.2, 0.25) is 0 Å². The molecule has 0 bridgehead atoms. The molecule has 2 aliphatic rings. The van der Waals surface area contributed by atoms with Crippen LogP contribution in [0.25, 0.3) is 0 Å². The van der Waals surface area contributed by atoms with Gasteiger partial charge in [-0.3, -0.25) is 4.79 Å². The summed E-state index contributed by atoms with van der Waals surface area (Å²) in [6.07, 6.45) is 0.421. The van der Waals surface area contributed by atoms with Crippen LogP contribution in [0, 0.1) is 5.92 Å². The second kappa shape index (κ2) is 11.2. The molecule has 5 rings (SSSR count). The molecule has 0 unspecified atom stereocenters. The van der Waals surface area contributed by atoms with Crippen molar-refractivity contribution in [2.75, 3.05) is 36.4 Å². The lowest BCUT2D eigenvalue weighted by atomic mass is 9.90. The van der Waals surface area contributed by atoms with E-state index in [1.165, 1.54) is 23.9 Å². The monoisotopic (exact) mass is 543 g/mol. The van der Waals surface area contributed by atoms with E-state index >= 15 is 0 Å². The number of benzene rings is 2. The van der Waals surface area contributed by atoms with E-state index in [9.17, 15) is 18.0 Å². The Morgan fingerprint density at radius 1 is 1.08 bits per heavy atom. The van der Waals surface area contributed by atoms with Gasteiger partial charge in [0, 0.05) is 37.7 Å². The Morgan fingerprint density at radius 3 is 2.58 bits per heavy atom. The molecule has 6 nitrogen and oxygen atoms in total. The van der Waals surface area contributed by atoms with Gasteiger partial charge < -0.3 is 15.1 Å². The van der Waals surface area contributed by atoms with Gasteiger partial charge in [-0.15, -0.1) is 0 Å². The van der Waals surface area contributed by atoms with Crippen LogP contribution in [0.1, 0.15) is 46.4 Å². The molecule has 3 aromatic rings. The molecule has 1 amide bonds. The van der Waals surface area contributed by atoms with Crippen molar-refractivity contribution < 1.29 is 18.0 Å². The van der Waals surface area contributed by atoms with Crippen molar-refractivity contribution in [2.45, 2.75) is 38.4 Å². The van der Waals surface area contributed by atoms with Crippen molar-refractivity contribution in [1.29, 1.82) is 0 Å². The van der Waals surface area contributed by atoms with E-state index in [4.69, 9.17) is 11.6 Å². The molecule has 0 aliphatic carbocycles. The number of halogens is 4. The van der Waals surface area contributed by atoms with E-state index < -0.39 is 11.7 Å². The van der Waals surface area contributed by atoms with Crippen molar-refractivity contribution >= 4 is 29.1 Å². The maximum atomic E-state index is 13.7. The Bertz CT molecular complexity index is 1280. The van der Waals surface area contributed by atoms with Gasteiger partial charge in [0.05, 0.1) is 11.8 Å². The number of amides is 1. The van der Waals surface area contributed by atoms with Gasteiger partial charge >= 0.3 is 6.18 Å². The summed E-state index contributed by atoms with van der Waals surface area (Å²) in [5.41, 5.74) is 0.812. The summed E-state index contributed by atoms with van der Waals surface area (Å²) in [4.78, 5) is 25.9. The molecule has 3 heterocycles. The molecule has 0 radical (unpaired) electrons. The zero-order valence-corrected chi connectivity index (χ0v) is 21.6. The van der Waals surface area contributed by atoms with Crippen molar-refractivity contribution in [2.24, 2.45) is 5.92 Å². The molecule has 2 aromatic carbocycles. The second-order valence-electron chi connectivity index (χ2n) is 9.85. The first-order valence-electron chi connectivity index (χ1n) is 12.8. The highest BCUT2D eigenvalue weighted by molar-refractivity contribution is 6.30. The minimum Gasteiger partial charge on any atom is -0.367 e. The molecule has 0 spiro atoms. The van der Waals surface area contributed by atoms with Crippen LogP contribution in [0.15, 0.2) is 54.7 Å². The summed E-state index contributed by atoms with van der Waals surface area (Å²) >= 11 is 6.05. The third-order valence-electron chi connectivity index (χ3n) is 7.17. The van der Waals surface area contributed by atoms with Crippen LogP contribution >= 0.6 is 11.6 Å². The number of carbonyl (C=O) groups excluding carboxylic acids is 1. The number of carbonyl (C=O) groups is 1. The highest BCUT2D eigenvalue weighted by atomic mass is 35.5. The van der Waals surface area contributed by atoms with Gasteiger partial charge in [-0.05, 0) is 60.9 Å². The lowest BCUT2D eigenvalue weighted by Gasteiger charge is -2.32. The first-order chi connectivity index (χ1) is 18.3. The fourth-order valence-corrected chi connectivity index (χ4v) is 5.38. The third-order valence-corrected chi connectivity index (χ3v) is 7.41. The van der Waals surface area contributed by atoms with E-state index in [2.05, 4.69) is 27.4 Å². The van der Waals surface area contributed by atoms with Gasteiger partial charge in [-0.1, -0.05) is 41.9 Å². The highest BCUT2D eigenvalue weighted by Gasteiger charge is 2.34. The zero-order chi connectivity index (χ0) is 26.7. The maximum absolute atomic E-state index is 13.7. The van der Waals surface area contributed by atoms with Crippen molar-refractivity contribution in [1.82, 2.24) is 14.9 Å². The Morgan fingerprint density at radius 2 is 1.84 bits per heavy atom. The van der Waals surface area contributed by atoms with Gasteiger partial charge in [-0.25, -0.2) is 9.97 Å². The largest absolute Gasteiger partial charge is 0.416 e. The minimum atomic E-state index is -4.51. The van der Waals surface area contributed by atoms with Crippen molar-refractivity contribution in [3.63, 3.8) is 0 Å². The number of likely N-dealkylation sites (tertiary alicyclic amines) is 1. The fourth-order valence-electron chi connectivity index (χ4n) is 5.19. The second-order valence-corrected chi connectivity index (χ2v) is 10.3. The van der Waals surface area contributed by atoms with Crippen LogP contribution in [-0.4, -0.2) is 47.0 Å². The van der Waals surface area contributed by atoms with Gasteiger partial charge in [0.25, 0.3) is 5.91 Å². The summed E-state index contributed by atoms with van der Waals surface area (Å²) < 4.78 is 41.1. The number of hydrogen-bond acceptors (Lipinski definition) is 5. The van der Waals surface area contributed by atoms with Crippen LogP contribution in [0.3, 0.4) is 0 Å². The number of alkyl halides is 3. The number of nitrogens with zero attached hydrogens (tertiary/aromatic N) is 4. The average Bonchev–Trinajstić information content (AvgIpc) is 3.10. The number of fused-ring (bicyclic) bond motifs is 1. The molecule has 200 valence electrons. The van der Waals surface area contributed by atoms with Crippen LogP contribution < -0.4 is 10.2 Å². The number of anilines is 2. The summed E-state index contributed by atoms with van der Waals surface area (Å²) in [6, 6.07) is 13.9. The molecule has 0 saturated carbocycles. The molecular formula is C28H29ClF3N5O. The van der Waals surface area contributed by atoms with E-state index in [1.807, 2.05) is 18.2 Å². The Labute approximate surface area is 224 Å². The molecule has 2 aliphatic heterocycles. The maximum Gasteiger partial charge on any atom is 0.416 e. The third kappa shape index (κ3) is 6.04. The summed E-state index contributed by atoms with van der Waals surface area (Å²) in [6.45, 7) is 2.27. The number of aromatic nitrogens is 2. The standard InChI is InChI=1S/C28H29ClF3N5O/c29-22-7-8-23(28(30,31)32)21(16-22)18-37-12-4-11-33-25-26(37)35-24(17-34-25)27(38)36-13-9-20(10-14-36)15-19-5-2-1-3-6-19/h1-3,5-8,16-17,20H,4,9-15,18H2,(H,33,34). The lowest BCUT2D eigenvalue weighted by molar-refractivity contribution is -0.138. The number of hydrogen-bond donors (Lipinski definition) is 1. The number of nitrogens with one attached hydrogen (secondary N) is 1. The first-order valence-corrected chi connectivity index (χ1v) is 13.2. The minimum absolute atomic E-state index is 0.0527. The molecule has 10 heteroatoms. The number of rotatable bonds is 5. The Hall–Kier alpha value is -3.33. The van der Waals surface area contributed by atoms with Crippen LogP contribution in [0.5, 0.6) is 0 Å². The molecule has 1 N–H and O–H groups in total. The van der Waals surface area contributed by atoms with E-state index in [0.29, 0.717) is 50.2 Å². The quantitative estimate of drug-likeness (QED) is 0.423. The molecule has 1 fully saturated rings. The van der Waals surface area contributed by atoms with Gasteiger partial charge in [-0.2, -0.15) is 13.2 Å². The Kier molecular flexibility index (Phi) is 7.74. The lowest BCUT2D eigenvalue weighted by Crippen LogP contribution is -2.39. The van der Waals surface area contributed by atoms with Crippen LogP contribution in [0.2, 0.25) is 5.02 Å². The van der Waals surface area contributed by atoms with Gasteiger partial charge in [0.15, 0.2) is 11.6 Å². The predicted octanol–water partition coefficient (Wildman–Crippen LogP) is 6.07. The molecule has 38 heavy (non-hydrogen) atoms. The van der Waals surface area contributed by atoms with Crippen molar-refractivity contribution in [3.8, 4) is 0 Å². The van der Waals surface area contributed by atoms with Crippen LogP contribution in [0.4, 0.5) is 24.8 Å². The smallest absolute Gasteiger partial charge is 0.367 e. The van der Waals surface area contributed by atoms with Gasteiger partial charge in [0.1, 0.15) is 5.69 Å². The average molecular weight is 544 g/mol. The first kappa shape index (κ1) is 26.3. The number of piperidine rings is 1. The molecular weight excluding hydrogens is 515 g/mol. The summed E-state index contributed by atoms with van der Waals surface area (Å²) in [5.74, 6) is 1.14. The zero-order valence-electron chi connectivity index (χ0n) is 20.8. The summed E-state index contributed by atoms with van der Waals surface area (Å²) in [7, 11) is 0. The molecule has 1 aromatic heterocycles. The van der Waals surface area contributed by atoms with E-state index in [-0.39, 0.29) is 28.7 Å². The van der Waals surface area contributed by atoms with Crippen molar-refractivity contribution in [3.05, 3.63) is 82.1 Å². The van der Waals surface area contributed by atoms with E-state index in [1.54, 1.807) is 9.80 Å². The van der Waals surface area contributed by atoms with Crippen LogP contribution in [-0.2, 0) is 19.1 Å². The summed E-state index contributed by atoms with van der Waals surface area (Å²) in [5, 5.41) is 3.41. The Balaban J connectivity index is 1.33. The SMILES string of the molecule is O=C(c1cnc2c(n1)N(Cc1cc(Cl)ccc1C(F)(F)F)CCCN2)N1CCC(Cc2ccccc2)CC1. The highest BCUT2D eigenvalue weighted by Crippen LogP contribution is 2.35. The molecule has 0 atom stereocenters. The normalized spacial score (nSPS) is 16.5. The topological polar surface area (TPSA) is 61.4 Å².